The molecule has 0 aliphatic carbocycles. The van der Waals surface area contributed by atoms with E-state index in [-0.39, 0.29) is 17.1 Å². The van der Waals surface area contributed by atoms with Crippen LogP contribution in [0, 0.1) is 0 Å². The number of hydrogen-bond acceptors (Lipinski definition) is 2. The summed E-state index contributed by atoms with van der Waals surface area (Å²) >= 11 is 5.44. The number of aromatic hydroxyl groups is 1. The van der Waals surface area contributed by atoms with Crippen LogP contribution in [-0.2, 0) is 12.7 Å². The lowest BCUT2D eigenvalue weighted by Gasteiger charge is -2.12. The number of rotatable bonds is 1. The molecule has 0 radical (unpaired) electrons. The Morgan fingerprint density at radius 1 is 1.36 bits per heavy atom. The number of phenols is 1. The molecule has 0 saturated carbocycles. The maximum Gasteiger partial charge on any atom is 0.416 e. The van der Waals surface area contributed by atoms with Gasteiger partial charge in [0.25, 0.3) is 0 Å². The molecule has 1 aromatic carbocycles. The van der Waals surface area contributed by atoms with Crippen LogP contribution in [0.1, 0.15) is 11.1 Å². The molecule has 78 valence electrons. The molecule has 0 aliphatic rings. The van der Waals surface area contributed by atoms with Crippen molar-refractivity contribution in [3.8, 4) is 5.75 Å². The molecule has 0 bridgehead atoms. The van der Waals surface area contributed by atoms with Crippen molar-refractivity contribution >= 4 is 11.6 Å². The van der Waals surface area contributed by atoms with E-state index in [2.05, 4.69) is 0 Å². The van der Waals surface area contributed by atoms with Gasteiger partial charge in [0, 0.05) is 6.54 Å². The van der Waals surface area contributed by atoms with Crippen molar-refractivity contribution in [3.63, 3.8) is 0 Å². The second-order valence-corrected chi connectivity index (χ2v) is 3.07. The van der Waals surface area contributed by atoms with Gasteiger partial charge in [0.05, 0.1) is 10.6 Å². The van der Waals surface area contributed by atoms with Crippen molar-refractivity contribution in [1.29, 1.82) is 0 Å². The van der Waals surface area contributed by atoms with Crippen molar-refractivity contribution in [3.05, 3.63) is 28.3 Å². The van der Waals surface area contributed by atoms with Crippen LogP contribution in [0.15, 0.2) is 12.1 Å². The quantitative estimate of drug-likeness (QED) is 0.772. The third-order valence-electron chi connectivity index (χ3n) is 1.70. The van der Waals surface area contributed by atoms with Gasteiger partial charge >= 0.3 is 6.18 Å². The van der Waals surface area contributed by atoms with Gasteiger partial charge in [-0.3, -0.25) is 0 Å². The molecule has 0 atom stereocenters. The lowest BCUT2D eigenvalue weighted by molar-refractivity contribution is -0.138. The zero-order valence-electron chi connectivity index (χ0n) is 6.90. The first kappa shape index (κ1) is 11.1. The minimum Gasteiger partial charge on any atom is -0.506 e. The monoisotopic (exact) mass is 225 g/mol. The summed E-state index contributed by atoms with van der Waals surface area (Å²) in [6.07, 6.45) is -4.53. The normalized spacial score (nSPS) is 11.8. The van der Waals surface area contributed by atoms with Gasteiger partial charge in [-0.2, -0.15) is 13.2 Å². The summed E-state index contributed by atoms with van der Waals surface area (Å²) in [6.45, 7) is -0.283. The lowest BCUT2D eigenvalue weighted by Crippen LogP contribution is -2.11. The van der Waals surface area contributed by atoms with Crippen molar-refractivity contribution in [1.82, 2.24) is 0 Å². The fraction of sp³-hybridized carbons (Fsp3) is 0.250. The third-order valence-corrected chi connectivity index (χ3v) is 2.00. The number of alkyl halides is 3. The molecule has 0 fully saturated rings. The Morgan fingerprint density at radius 3 is 2.36 bits per heavy atom. The standard InChI is InChI=1S/C8H7ClF3NO/c9-6-1-4(3-13)5(2-7(6)14)8(10,11)12/h1-2,14H,3,13H2. The van der Waals surface area contributed by atoms with E-state index in [0.29, 0.717) is 6.07 Å². The average Bonchev–Trinajstić information content (AvgIpc) is 2.07. The van der Waals surface area contributed by atoms with E-state index in [1.807, 2.05) is 0 Å². The molecule has 0 spiro atoms. The summed E-state index contributed by atoms with van der Waals surface area (Å²) in [4.78, 5) is 0. The molecule has 0 aliphatic heterocycles. The highest BCUT2D eigenvalue weighted by molar-refractivity contribution is 6.32. The average molecular weight is 226 g/mol. The summed E-state index contributed by atoms with van der Waals surface area (Å²) in [5, 5.41) is 8.87. The van der Waals surface area contributed by atoms with Crippen molar-refractivity contribution in [2.45, 2.75) is 12.7 Å². The Hall–Kier alpha value is -0.940. The molecule has 0 saturated heterocycles. The molecule has 1 aromatic rings. The number of phenolic OH excluding ortho intramolecular Hbond substituents is 1. The molecule has 2 nitrogen and oxygen atoms in total. The summed E-state index contributed by atoms with van der Waals surface area (Å²) in [7, 11) is 0. The van der Waals surface area contributed by atoms with Crippen molar-refractivity contribution in [2.24, 2.45) is 5.73 Å². The van der Waals surface area contributed by atoms with E-state index in [1.165, 1.54) is 0 Å². The molecule has 1 rings (SSSR count). The SMILES string of the molecule is NCc1cc(Cl)c(O)cc1C(F)(F)F. The van der Waals surface area contributed by atoms with E-state index in [1.54, 1.807) is 0 Å². The largest absolute Gasteiger partial charge is 0.506 e. The maximum absolute atomic E-state index is 12.3. The van der Waals surface area contributed by atoms with Gasteiger partial charge in [-0.25, -0.2) is 0 Å². The van der Waals surface area contributed by atoms with E-state index >= 15 is 0 Å². The van der Waals surface area contributed by atoms with E-state index in [9.17, 15) is 13.2 Å². The Bertz CT molecular complexity index is 351. The highest BCUT2D eigenvalue weighted by Gasteiger charge is 2.33. The summed E-state index contributed by atoms with van der Waals surface area (Å²) in [6, 6.07) is 1.59. The first-order valence-electron chi connectivity index (χ1n) is 3.65. The number of benzene rings is 1. The molecule has 0 heterocycles. The van der Waals surface area contributed by atoms with Gasteiger partial charge in [0.15, 0.2) is 0 Å². The molecular weight excluding hydrogens is 219 g/mol. The number of hydrogen-bond donors (Lipinski definition) is 2. The van der Waals surface area contributed by atoms with Crippen LogP contribution in [0.3, 0.4) is 0 Å². The minimum atomic E-state index is -4.53. The van der Waals surface area contributed by atoms with E-state index < -0.39 is 17.5 Å². The molecule has 14 heavy (non-hydrogen) atoms. The summed E-state index contributed by atoms with van der Waals surface area (Å²) in [5.74, 6) is -0.601. The zero-order chi connectivity index (χ0) is 10.9. The third kappa shape index (κ3) is 2.10. The van der Waals surface area contributed by atoms with Crippen LogP contribution < -0.4 is 5.73 Å². The predicted molar refractivity (Wildman–Crippen MR) is 46.0 cm³/mol. The van der Waals surface area contributed by atoms with Crippen LogP contribution >= 0.6 is 11.6 Å². The van der Waals surface area contributed by atoms with Crippen LogP contribution in [0.2, 0.25) is 5.02 Å². The Kier molecular flexibility index (Phi) is 2.92. The highest BCUT2D eigenvalue weighted by Crippen LogP contribution is 2.37. The van der Waals surface area contributed by atoms with Gasteiger partial charge in [-0.1, -0.05) is 11.6 Å². The predicted octanol–water partition coefficient (Wildman–Crippen LogP) is 2.52. The highest BCUT2D eigenvalue weighted by atomic mass is 35.5. The fourth-order valence-electron chi connectivity index (χ4n) is 1.04. The molecule has 0 unspecified atom stereocenters. The summed E-state index contributed by atoms with van der Waals surface area (Å²) < 4.78 is 37.0. The van der Waals surface area contributed by atoms with E-state index in [0.717, 1.165) is 6.07 Å². The van der Waals surface area contributed by atoms with Gasteiger partial charge in [0.1, 0.15) is 5.75 Å². The molecule has 3 N–H and O–H groups in total. The van der Waals surface area contributed by atoms with Crippen LogP contribution in [0.25, 0.3) is 0 Å². The topological polar surface area (TPSA) is 46.2 Å². The first-order chi connectivity index (χ1) is 6.36. The molecule has 0 amide bonds. The molecule has 6 heteroatoms. The first-order valence-corrected chi connectivity index (χ1v) is 4.02. The lowest BCUT2D eigenvalue weighted by atomic mass is 10.1. The molecular formula is C8H7ClF3NO. The van der Waals surface area contributed by atoms with Gasteiger partial charge in [-0.15, -0.1) is 0 Å². The number of halogens is 4. The van der Waals surface area contributed by atoms with Crippen LogP contribution in [0.4, 0.5) is 13.2 Å². The Labute approximate surface area is 83.1 Å². The second kappa shape index (κ2) is 3.67. The smallest absolute Gasteiger partial charge is 0.416 e. The van der Waals surface area contributed by atoms with E-state index in [4.69, 9.17) is 22.4 Å². The van der Waals surface area contributed by atoms with Crippen molar-refractivity contribution < 1.29 is 18.3 Å². The van der Waals surface area contributed by atoms with Crippen LogP contribution in [-0.4, -0.2) is 5.11 Å². The van der Waals surface area contributed by atoms with Crippen molar-refractivity contribution in [2.75, 3.05) is 0 Å². The second-order valence-electron chi connectivity index (χ2n) is 2.66. The van der Waals surface area contributed by atoms with Gasteiger partial charge in [-0.05, 0) is 17.7 Å². The Balaban J connectivity index is 3.35. The summed E-state index contributed by atoms with van der Waals surface area (Å²) in [5.41, 5.74) is 4.03. The number of nitrogens with two attached hydrogens (primary N) is 1. The van der Waals surface area contributed by atoms with Gasteiger partial charge < -0.3 is 10.8 Å². The van der Waals surface area contributed by atoms with Crippen LogP contribution in [0.5, 0.6) is 5.75 Å². The zero-order valence-corrected chi connectivity index (χ0v) is 7.65. The van der Waals surface area contributed by atoms with Gasteiger partial charge in [0.2, 0.25) is 0 Å². The minimum absolute atomic E-state index is 0.139. The Morgan fingerprint density at radius 2 is 1.93 bits per heavy atom. The fourth-order valence-corrected chi connectivity index (χ4v) is 1.22. The molecule has 0 aromatic heterocycles. The maximum atomic E-state index is 12.3.